The van der Waals surface area contributed by atoms with Gasteiger partial charge >= 0.3 is 0 Å². The molecule has 4 rings (SSSR count). The summed E-state index contributed by atoms with van der Waals surface area (Å²) < 4.78 is 1.79. The number of anilines is 1. The summed E-state index contributed by atoms with van der Waals surface area (Å²) >= 11 is 0. The minimum atomic E-state index is -0.650. The van der Waals surface area contributed by atoms with Crippen molar-refractivity contribution < 1.29 is 9.59 Å². The van der Waals surface area contributed by atoms with Crippen LogP contribution in [0.25, 0.3) is 0 Å². The van der Waals surface area contributed by atoms with E-state index in [0.717, 1.165) is 50.0 Å². The Labute approximate surface area is 183 Å². The first-order chi connectivity index (χ1) is 14.2. The van der Waals surface area contributed by atoms with E-state index in [4.69, 9.17) is 0 Å². The number of piperidine rings is 1. The Hall–Kier alpha value is -2.38. The first kappa shape index (κ1) is 22.3. The number of hydrogen-bond donors (Lipinski definition) is 3. The molecule has 3 N–H and O–H groups in total. The molecule has 1 saturated carbocycles. The minimum Gasteiger partial charge on any atom is -0.350 e. The van der Waals surface area contributed by atoms with Gasteiger partial charge in [-0.2, -0.15) is 5.10 Å². The Morgan fingerprint density at radius 1 is 1.17 bits per heavy atom. The van der Waals surface area contributed by atoms with E-state index in [2.05, 4.69) is 21.0 Å². The third kappa shape index (κ3) is 4.84. The second-order valence-electron chi connectivity index (χ2n) is 8.09. The van der Waals surface area contributed by atoms with Crippen molar-refractivity contribution in [1.29, 1.82) is 0 Å². The molecular formula is C22H30ClN5O2. The molecule has 1 saturated heterocycles. The van der Waals surface area contributed by atoms with Crippen molar-refractivity contribution in [2.45, 2.75) is 50.6 Å². The van der Waals surface area contributed by atoms with Crippen LogP contribution in [0.3, 0.4) is 0 Å². The summed E-state index contributed by atoms with van der Waals surface area (Å²) in [6, 6.07) is 9.58. The van der Waals surface area contributed by atoms with Crippen molar-refractivity contribution in [2.24, 2.45) is 5.92 Å². The molecule has 7 nitrogen and oxygen atoms in total. The van der Waals surface area contributed by atoms with E-state index in [1.165, 1.54) is 0 Å². The van der Waals surface area contributed by atoms with Crippen LogP contribution in [0.15, 0.2) is 42.7 Å². The van der Waals surface area contributed by atoms with Crippen LogP contribution in [0.1, 0.15) is 44.1 Å². The summed E-state index contributed by atoms with van der Waals surface area (Å²) in [4.78, 5) is 25.5. The quantitative estimate of drug-likeness (QED) is 0.656. The molecule has 2 amide bonds. The van der Waals surface area contributed by atoms with E-state index in [0.29, 0.717) is 19.4 Å². The van der Waals surface area contributed by atoms with Crippen LogP contribution < -0.4 is 16.0 Å². The predicted octanol–water partition coefficient (Wildman–Crippen LogP) is 2.83. The lowest BCUT2D eigenvalue weighted by Crippen LogP contribution is -2.54. The van der Waals surface area contributed by atoms with Gasteiger partial charge in [0.1, 0.15) is 5.54 Å². The number of nitrogens with zero attached hydrogens (tertiary/aromatic N) is 2. The minimum absolute atomic E-state index is 0. The van der Waals surface area contributed by atoms with Crippen LogP contribution >= 0.6 is 12.4 Å². The Balaban J connectivity index is 0.00000256. The summed E-state index contributed by atoms with van der Waals surface area (Å²) in [5, 5.41) is 13.8. The molecule has 1 aromatic heterocycles. The van der Waals surface area contributed by atoms with Gasteiger partial charge in [0.2, 0.25) is 11.8 Å². The summed E-state index contributed by atoms with van der Waals surface area (Å²) in [5.41, 5.74) is 1.10. The second-order valence-corrected chi connectivity index (χ2v) is 8.09. The lowest BCUT2D eigenvalue weighted by molar-refractivity contribution is -0.132. The number of nitrogens with one attached hydrogen (secondary N) is 3. The lowest BCUT2D eigenvalue weighted by atomic mass is 9.87. The number of halogens is 1. The number of hydrogen-bond acceptors (Lipinski definition) is 4. The van der Waals surface area contributed by atoms with E-state index >= 15 is 0 Å². The molecule has 0 radical (unpaired) electrons. The monoisotopic (exact) mass is 431 g/mol. The van der Waals surface area contributed by atoms with Gasteiger partial charge in [0.25, 0.3) is 0 Å². The smallest absolute Gasteiger partial charge is 0.248 e. The highest BCUT2D eigenvalue weighted by atomic mass is 35.5. The van der Waals surface area contributed by atoms with Crippen LogP contribution in [0.4, 0.5) is 5.69 Å². The van der Waals surface area contributed by atoms with E-state index in [-0.39, 0.29) is 30.1 Å². The molecule has 0 atom stereocenters. The molecule has 2 fully saturated rings. The number of amides is 2. The van der Waals surface area contributed by atoms with Gasteiger partial charge in [-0.05, 0) is 62.5 Å². The first-order valence-electron chi connectivity index (χ1n) is 10.6. The van der Waals surface area contributed by atoms with Crippen molar-refractivity contribution >= 4 is 29.9 Å². The van der Waals surface area contributed by atoms with Crippen LogP contribution in [-0.2, 0) is 21.7 Å². The highest BCUT2D eigenvalue weighted by molar-refractivity contribution is 5.92. The van der Waals surface area contributed by atoms with Crippen LogP contribution in [0.2, 0.25) is 0 Å². The molecule has 0 bridgehead atoms. The Kier molecular flexibility index (Phi) is 7.50. The second kappa shape index (κ2) is 10.1. The molecule has 0 unspecified atom stereocenters. The third-order valence-corrected chi connectivity index (χ3v) is 6.17. The van der Waals surface area contributed by atoms with Crippen molar-refractivity contribution in [3.05, 3.63) is 48.3 Å². The molecule has 1 aliphatic carbocycles. The van der Waals surface area contributed by atoms with Crippen LogP contribution in [-0.4, -0.2) is 34.7 Å². The molecule has 162 valence electrons. The standard InChI is InChI=1S/C22H29N5O2.ClH/c28-20(18-6-1-2-7-18)26-19-8-3-5-17(15-19)16-24-21(29)22(9-12-23-13-10-22)27-14-4-11-25-27;/h3-5,8,11,14-15,18,23H,1-2,6-7,9-10,12-13,16H2,(H,24,29)(H,26,28);1H. The summed E-state index contributed by atoms with van der Waals surface area (Å²) in [5.74, 6) is 0.228. The number of rotatable bonds is 6. The summed E-state index contributed by atoms with van der Waals surface area (Å²) in [6.45, 7) is 1.99. The number of carbonyl (C=O) groups is 2. The maximum absolute atomic E-state index is 13.2. The van der Waals surface area contributed by atoms with Crippen LogP contribution in [0, 0.1) is 5.92 Å². The maximum Gasteiger partial charge on any atom is 0.248 e. The zero-order chi connectivity index (χ0) is 20.1. The topological polar surface area (TPSA) is 88.1 Å². The fourth-order valence-corrected chi connectivity index (χ4v) is 4.46. The van der Waals surface area contributed by atoms with Crippen molar-refractivity contribution in [1.82, 2.24) is 20.4 Å². The SMILES string of the molecule is Cl.O=C(Nc1cccc(CNC(=O)C2(n3cccn3)CCNCC2)c1)C1CCCC1. The molecule has 2 aromatic rings. The van der Waals surface area contributed by atoms with Crippen molar-refractivity contribution in [3.63, 3.8) is 0 Å². The van der Waals surface area contributed by atoms with Gasteiger partial charge in [0, 0.05) is 30.5 Å². The van der Waals surface area contributed by atoms with Crippen molar-refractivity contribution in [3.8, 4) is 0 Å². The first-order valence-corrected chi connectivity index (χ1v) is 10.6. The Bertz CT molecular complexity index is 843. The van der Waals surface area contributed by atoms with Crippen LogP contribution in [0.5, 0.6) is 0 Å². The molecule has 1 aromatic carbocycles. The highest BCUT2D eigenvalue weighted by Gasteiger charge is 2.41. The zero-order valence-corrected chi connectivity index (χ0v) is 17.9. The highest BCUT2D eigenvalue weighted by Crippen LogP contribution is 2.28. The van der Waals surface area contributed by atoms with Gasteiger partial charge in [-0.15, -0.1) is 12.4 Å². The summed E-state index contributed by atoms with van der Waals surface area (Å²) in [6.07, 6.45) is 9.22. The maximum atomic E-state index is 13.2. The molecule has 0 spiro atoms. The van der Waals surface area contributed by atoms with Crippen molar-refractivity contribution in [2.75, 3.05) is 18.4 Å². The van der Waals surface area contributed by atoms with Gasteiger partial charge in [0.15, 0.2) is 0 Å². The van der Waals surface area contributed by atoms with E-state index in [1.54, 1.807) is 10.9 Å². The molecule has 30 heavy (non-hydrogen) atoms. The van der Waals surface area contributed by atoms with E-state index in [9.17, 15) is 9.59 Å². The predicted molar refractivity (Wildman–Crippen MR) is 118 cm³/mol. The molecule has 2 heterocycles. The molecular weight excluding hydrogens is 402 g/mol. The number of aromatic nitrogens is 2. The Morgan fingerprint density at radius 2 is 1.93 bits per heavy atom. The zero-order valence-electron chi connectivity index (χ0n) is 17.1. The van der Waals surface area contributed by atoms with Gasteiger partial charge < -0.3 is 16.0 Å². The molecule has 2 aliphatic rings. The van der Waals surface area contributed by atoms with Gasteiger partial charge in [-0.3, -0.25) is 14.3 Å². The number of carbonyl (C=O) groups excluding carboxylic acids is 2. The summed E-state index contributed by atoms with van der Waals surface area (Å²) in [7, 11) is 0. The third-order valence-electron chi connectivity index (χ3n) is 6.17. The normalized spacial score (nSPS) is 18.4. The average molecular weight is 432 g/mol. The van der Waals surface area contributed by atoms with Gasteiger partial charge in [-0.25, -0.2) is 0 Å². The number of benzene rings is 1. The van der Waals surface area contributed by atoms with E-state index in [1.807, 2.05) is 36.5 Å². The lowest BCUT2D eigenvalue weighted by Gasteiger charge is -2.36. The van der Waals surface area contributed by atoms with E-state index < -0.39 is 5.54 Å². The fraction of sp³-hybridized carbons (Fsp3) is 0.500. The fourth-order valence-electron chi connectivity index (χ4n) is 4.46. The Morgan fingerprint density at radius 3 is 2.63 bits per heavy atom. The largest absolute Gasteiger partial charge is 0.350 e. The van der Waals surface area contributed by atoms with Gasteiger partial charge in [0.05, 0.1) is 0 Å². The van der Waals surface area contributed by atoms with Gasteiger partial charge in [-0.1, -0.05) is 25.0 Å². The molecule has 1 aliphatic heterocycles. The molecule has 8 heteroatoms. The average Bonchev–Trinajstić information content (AvgIpc) is 3.47.